The minimum atomic E-state index is 0. The molecule has 1 aliphatic rings. The molecular weight excluding hydrogens is 395 g/mol. The molecule has 0 spiro atoms. The monoisotopic (exact) mass is 416 g/mol. The van der Waals surface area contributed by atoms with Crippen LogP contribution < -0.4 is 39.6 Å². The Labute approximate surface area is 172 Å². The number of rotatable bonds is 7. The van der Waals surface area contributed by atoms with Crippen LogP contribution >= 0.6 is 11.6 Å². The van der Waals surface area contributed by atoms with Crippen LogP contribution in [0.3, 0.4) is 0 Å². The SMILES string of the molecule is COc1cc(CNC2CCCC2)cc(Cl)c1OCc1cccnc1.[Cl-].[Cl-]. The molecule has 1 fully saturated rings. The number of benzene rings is 1. The maximum Gasteiger partial charge on any atom is 0.180 e. The maximum atomic E-state index is 6.43. The number of ether oxygens (including phenoxy) is 2. The predicted octanol–water partition coefficient (Wildman–Crippen LogP) is -1.64. The zero-order valence-electron chi connectivity index (χ0n) is 14.7. The van der Waals surface area contributed by atoms with Crippen LogP contribution in [-0.2, 0) is 13.2 Å². The second-order valence-electron chi connectivity index (χ2n) is 6.12. The average molecular weight is 418 g/mol. The molecule has 0 atom stereocenters. The van der Waals surface area contributed by atoms with Crippen LogP contribution in [0.25, 0.3) is 0 Å². The third-order valence-electron chi connectivity index (χ3n) is 4.35. The second kappa shape index (κ2) is 11.5. The summed E-state index contributed by atoms with van der Waals surface area (Å²) in [6.45, 7) is 1.20. The van der Waals surface area contributed by atoms with Gasteiger partial charge in [0.2, 0.25) is 0 Å². The van der Waals surface area contributed by atoms with Crippen molar-refractivity contribution in [1.29, 1.82) is 0 Å². The quantitative estimate of drug-likeness (QED) is 0.587. The zero-order chi connectivity index (χ0) is 16.8. The molecule has 1 saturated carbocycles. The van der Waals surface area contributed by atoms with Crippen molar-refractivity contribution in [2.24, 2.45) is 0 Å². The third kappa shape index (κ3) is 6.20. The van der Waals surface area contributed by atoms with E-state index < -0.39 is 0 Å². The molecule has 4 nitrogen and oxygen atoms in total. The molecule has 0 saturated heterocycles. The first-order chi connectivity index (χ1) is 11.8. The summed E-state index contributed by atoms with van der Waals surface area (Å²) in [6, 6.07) is 8.41. The van der Waals surface area contributed by atoms with Crippen LogP contribution in [-0.4, -0.2) is 18.1 Å². The van der Waals surface area contributed by atoms with Gasteiger partial charge in [0.05, 0.1) is 12.1 Å². The Balaban J connectivity index is 0.00000169. The highest BCUT2D eigenvalue weighted by Crippen LogP contribution is 2.37. The number of hydrogen-bond acceptors (Lipinski definition) is 4. The molecule has 1 heterocycles. The minimum absolute atomic E-state index is 0. The lowest BCUT2D eigenvalue weighted by Gasteiger charge is -2.16. The molecule has 0 amide bonds. The van der Waals surface area contributed by atoms with Gasteiger partial charge >= 0.3 is 0 Å². The van der Waals surface area contributed by atoms with Crippen LogP contribution in [0, 0.1) is 0 Å². The molecule has 3 rings (SSSR count). The van der Waals surface area contributed by atoms with Crippen LogP contribution in [0.4, 0.5) is 0 Å². The van der Waals surface area contributed by atoms with E-state index in [1.807, 2.05) is 24.3 Å². The molecule has 7 heteroatoms. The Morgan fingerprint density at radius 3 is 2.62 bits per heavy atom. The highest BCUT2D eigenvalue weighted by Gasteiger charge is 2.16. The Kier molecular flexibility index (Phi) is 10.1. The lowest BCUT2D eigenvalue weighted by atomic mass is 10.1. The lowest BCUT2D eigenvalue weighted by Crippen LogP contribution is -3.00. The molecule has 0 bridgehead atoms. The van der Waals surface area contributed by atoms with Crippen LogP contribution in [0.1, 0.15) is 36.8 Å². The first-order valence-electron chi connectivity index (χ1n) is 8.38. The van der Waals surface area contributed by atoms with Gasteiger partial charge in [0, 0.05) is 30.5 Å². The van der Waals surface area contributed by atoms with Gasteiger partial charge in [0.25, 0.3) is 0 Å². The fourth-order valence-electron chi connectivity index (χ4n) is 3.05. The maximum absolute atomic E-state index is 6.43. The van der Waals surface area contributed by atoms with Gasteiger partial charge in [0.1, 0.15) is 6.61 Å². The summed E-state index contributed by atoms with van der Waals surface area (Å²) in [5.41, 5.74) is 2.10. The first-order valence-corrected chi connectivity index (χ1v) is 8.75. The van der Waals surface area contributed by atoms with Gasteiger partial charge in [-0.3, -0.25) is 4.98 Å². The van der Waals surface area contributed by atoms with Crippen LogP contribution in [0.2, 0.25) is 5.02 Å². The number of hydrogen-bond donors (Lipinski definition) is 1. The van der Waals surface area contributed by atoms with E-state index in [9.17, 15) is 0 Å². The second-order valence-corrected chi connectivity index (χ2v) is 6.53. The van der Waals surface area contributed by atoms with E-state index in [2.05, 4.69) is 10.3 Å². The number of aromatic nitrogens is 1. The first kappa shape index (κ1) is 22.8. The van der Waals surface area contributed by atoms with Gasteiger partial charge in [-0.05, 0) is 36.6 Å². The molecule has 1 N–H and O–H groups in total. The normalized spacial score (nSPS) is 13.6. The lowest BCUT2D eigenvalue weighted by molar-refractivity contribution is -0.00100. The molecular formula is C19H23Cl3N2O2-2. The highest BCUT2D eigenvalue weighted by atomic mass is 35.5. The smallest absolute Gasteiger partial charge is 0.180 e. The van der Waals surface area contributed by atoms with Gasteiger partial charge in [-0.15, -0.1) is 0 Å². The van der Waals surface area contributed by atoms with Gasteiger partial charge in [0.15, 0.2) is 11.5 Å². The van der Waals surface area contributed by atoms with E-state index in [1.54, 1.807) is 19.5 Å². The Morgan fingerprint density at radius 1 is 1.19 bits per heavy atom. The summed E-state index contributed by atoms with van der Waals surface area (Å²) in [4.78, 5) is 4.09. The highest BCUT2D eigenvalue weighted by molar-refractivity contribution is 6.32. The molecule has 1 aromatic heterocycles. The summed E-state index contributed by atoms with van der Waals surface area (Å²) in [5.74, 6) is 1.24. The van der Waals surface area contributed by atoms with E-state index in [0.29, 0.717) is 29.2 Å². The molecule has 0 radical (unpaired) electrons. The van der Waals surface area contributed by atoms with E-state index in [-0.39, 0.29) is 24.8 Å². The molecule has 26 heavy (non-hydrogen) atoms. The van der Waals surface area contributed by atoms with Gasteiger partial charge < -0.3 is 39.6 Å². The van der Waals surface area contributed by atoms with Crippen molar-refractivity contribution in [2.45, 2.75) is 44.9 Å². The van der Waals surface area contributed by atoms with Crippen molar-refractivity contribution in [1.82, 2.24) is 10.3 Å². The fraction of sp³-hybridized carbons (Fsp3) is 0.421. The van der Waals surface area contributed by atoms with E-state index in [1.165, 1.54) is 25.7 Å². The van der Waals surface area contributed by atoms with Crippen molar-refractivity contribution < 1.29 is 34.3 Å². The van der Waals surface area contributed by atoms with Crippen molar-refractivity contribution in [3.05, 3.63) is 52.8 Å². The van der Waals surface area contributed by atoms with Gasteiger partial charge in [-0.25, -0.2) is 0 Å². The molecule has 1 aliphatic carbocycles. The summed E-state index contributed by atoms with van der Waals surface area (Å²) in [7, 11) is 1.64. The van der Waals surface area contributed by atoms with E-state index in [0.717, 1.165) is 17.7 Å². The summed E-state index contributed by atoms with van der Waals surface area (Å²) in [6.07, 6.45) is 8.68. The number of methoxy groups -OCH3 is 1. The van der Waals surface area contributed by atoms with Gasteiger partial charge in [-0.2, -0.15) is 0 Å². The summed E-state index contributed by atoms with van der Waals surface area (Å²) >= 11 is 6.43. The Hall–Kier alpha value is -1.20. The summed E-state index contributed by atoms with van der Waals surface area (Å²) in [5, 5.41) is 4.16. The van der Waals surface area contributed by atoms with Crippen LogP contribution in [0.5, 0.6) is 11.5 Å². The average Bonchev–Trinajstić information content (AvgIpc) is 3.13. The minimum Gasteiger partial charge on any atom is -1.00 e. The number of nitrogens with zero attached hydrogens (tertiary/aromatic N) is 1. The largest absolute Gasteiger partial charge is 1.00 e. The van der Waals surface area contributed by atoms with E-state index >= 15 is 0 Å². The summed E-state index contributed by atoms with van der Waals surface area (Å²) < 4.78 is 11.3. The fourth-order valence-corrected chi connectivity index (χ4v) is 3.33. The number of halogens is 3. The number of pyridine rings is 1. The van der Waals surface area contributed by atoms with E-state index in [4.69, 9.17) is 21.1 Å². The van der Waals surface area contributed by atoms with Crippen molar-refractivity contribution in [3.8, 4) is 11.5 Å². The molecule has 0 unspecified atom stereocenters. The standard InChI is InChI=1S/C19H23ClN2O2.2ClH/c1-23-18-10-15(12-22-16-6-2-3-7-16)9-17(20)19(18)24-13-14-5-4-8-21-11-14;;/h4-5,8-11,16,22H,2-3,6-7,12-13H2,1H3;2*1H/p-2. The molecule has 1 aromatic carbocycles. The van der Waals surface area contributed by atoms with Crippen molar-refractivity contribution >= 4 is 11.6 Å². The topological polar surface area (TPSA) is 43.4 Å². The molecule has 0 aliphatic heterocycles. The molecule has 144 valence electrons. The zero-order valence-corrected chi connectivity index (χ0v) is 16.9. The van der Waals surface area contributed by atoms with Crippen LogP contribution in [0.15, 0.2) is 36.7 Å². The van der Waals surface area contributed by atoms with Crippen molar-refractivity contribution in [2.75, 3.05) is 7.11 Å². The van der Waals surface area contributed by atoms with Crippen molar-refractivity contribution in [3.63, 3.8) is 0 Å². The predicted molar refractivity (Wildman–Crippen MR) is 95.7 cm³/mol. The third-order valence-corrected chi connectivity index (χ3v) is 4.63. The number of nitrogens with one attached hydrogen (secondary N) is 1. The Bertz CT molecular complexity index is 665. The molecule has 2 aromatic rings. The van der Waals surface area contributed by atoms with Gasteiger partial charge in [-0.1, -0.05) is 30.5 Å². The Morgan fingerprint density at radius 2 is 1.96 bits per heavy atom.